The number of rotatable bonds is 3. The van der Waals surface area contributed by atoms with Gasteiger partial charge in [-0.1, -0.05) is 37.6 Å². The van der Waals surface area contributed by atoms with E-state index in [-0.39, 0.29) is 17.6 Å². The summed E-state index contributed by atoms with van der Waals surface area (Å²) in [5.74, 6) is -0.445. The predicted molar refractivity (Wildman–Crippen MR) is 79.6 cm³/mol. The Morgan fingerprint density at radius 2 is 1.81 bits per heavy atom. The van der Waals surface area contributed by atoms with Gasteiger partial charge in [0.25, 0.3) is 0 Å². The minimum atomic E-state index is -0.526. The van der Waals surface area contributed by atoms with Crippen molar-refractivity contribution in [3.8, 4) is 11.3 Å². The SMILES string of the molecule is CC(C)C(=O)NNC(=O)c1ccc(-c2ccccc2Cl)o1. The van der Waals surface area contributed by atoms with Gasteiger partial charge in [0.05, 0.1) is 5.02 Å². The van der Waals surface area contributed by atoms with Crippen molar-refractivity contribution in [2.45, 2.75) is 13.8 Å². The van der Waals surface area contributed by atoms with Gasteiger partial charge < -0.3 is 4.42 Å². The number of hydrogen-bond donors (Lipinski definition) is 2. The van der Waals surface area contributed by atoms with Crippen LogP contribution in [0.5, 0.6) is 0 Å². The second kappa shape index (κ2) is 6.45. The molecule has 0 aliphatic carbocycles. The van der Waals surface area contributed by atoms with E-state index in [4.69, 9.17) is 16.0 Å². The van der Waals surface area contributed by atoms with Crippen LogP contribution in [-0.4, -0.2) is 11.8 Å². The lowest BCUT2D eigenvalue weighted by atomic mass is 10.2. The molecule has 2 amide bonds. The van der Waals surface area contributed by atoms with Gasteiger partial charge in [-0.15, -0.1) is 0 Å². The first kappa shape index (κ1) is 15.1. The number of amides is 2. The van der Waals surface area contributed by atoms with Crippen LogP contribution < -0.4 is 10.9 Å². The Bertz CT molecular complexity index is 664. The Balaban J connectivity index is 2.08. The van der Waals surface area contributed by atoms with Crippen LogP contribution in [0.15, 0.2) is 40.8 Å². The minimum Gasteiger partial charge on any atom is -0.451 e. The van der Waals surface area contributed by atoms with Crippen LogP contribution in [0.4, 0.5) is 0 Å². The van der Waals surface area contributed by atoms with Gasteiger partial charge in [-0.2, -0.15) is 0 Å². The van der Waals surface area contributed by atoms with Crippen molar-refractivity contribution >= 4 is 23.4 Å². The number of halogens is 1. The first-order valence-corrected chi connectivity index (χ1v) is 6.81. The molecule has 1 aromatic heterocycles. The van der Waals surface area contributed by atoms with Gasteiger partial charge in [-0.25, -0.2) is 0 Å². The van der Waals surface area contributed by atoms with Crippen molar-refractivity contribution in [1.82, 2.24) is 10.9 Å². The van der Waals surface area contributed by atoms with Gasteiger partial charge in [0.15, 0.2) is 5.76 Å². The Morgan fingerprint density at radius 3 is 2.48 bits per heavy atom. The first-order chi connectivity index (χ1) is 9.99. The summed E-state index contributed by atoms with van der Waals surface area (Å²) in [5.41, 5.74) is 5.31. The topological polar surface area (TPSA) is 71.3 Å². The molecule has 0 bridgehead atoms. The van der Waals surface area contributed by atoms with Crippen molar-refractivity contribution < 1.29 is 14.0 Å². The van der Waals surface area contributed by atoms with Crippen molar-refractivity contribution in [2.75, 3.05) is 0 Å². The summed E-state index contributed by atoms with van der Waals surface area (Å²) in [5, 5.41) is 0.534. The number of nitrogens with one attached hydrogen (secondary N) is 2. The maximum absolute atomic E-state index is 11.8. The molecule has 0 saturated heterocycles. The summed E-state index contributed by atoms with van der Waals surface area (Å²) in [7, 11) is 0. The first-order valence-electron chi connectivity index (χ1n) is 6.44. The summed E-state index contributed by atoms with van der Waals surface area (Å²) in [4.78, 5) is 23.2. The Morgan fingerprint density at radius 1 is 1.10 bits per heavy atom. The van der Waals surface area contributed by atoms with Crippen LogP contribution >= 0.6 is 11.6 Å². The van der Waals surface area contributed by atoms with Crippen LogP contribution in [0.1, 0.15) is 24.4 Å². The summed E-state index contributed by atoms with van der Waals surface area (Å²) >= 11 is 6.07. The summed E-state index contributed by atoms with van der Waals surface area (Å²) in [6.45, 7) is 3.45. The van der Waals surface area contributed by atoms with Gasteiger partial charge in [-0.3, -0.25) is 20.4 Å². The third-order valence-electron chi connectivity index (χ3n) is 2.79. The van der Waals surface area contributed by atoms with E-state index in [0.29, 0.717) is 16.3 Å². The lowest BCUT2D eigenvalue weighted by Crippen LogP contribution is -2.43. The zero-order valence-corrected chi connectivity index (χ0v) is 12.4. The zero-order chi connectivity index (χ0) is 15.4. The largest absolute Gasteiger partial charge is 0.451 e. The normalized spacial score (nSPS) is 10.5. The monoisotopic (exact) mass is 306 g/mol. The van der Waals surface area contributed by atoms with E-state index in [0.717, 1.165) is 0 Å². The van der Waals surface area contributed by atoms with Gasteiger partial charge in [0.1, 0.15) is 5.76 Å². The predicted octanol–water partition coefficient (Wildman–Crippen LogP) is 3.02. The molecular weight excluding hydrogens is 292 g/mol. The van der Waals surface area contributed by atoms with Crippen molar-refractivity contribution in [1.29, 1.82) is 0 Å². The second-order valence-corrected chi connectivity index (χ2v) is 5.15. The molecule has 110 valence electrons. The fraction of sp³-hybridized carbons (Fsp3) is 0.200. The maximum atomic E-state index is 11.8. The number of benzene rings is 1. The molecule has 5 nitrogen and oxygen atoms in total. The molecule has 0 atom stereocenters. The molecule has 0 fully saturated rings. The smallest absolute Gasteiger partial charge is 0.305 e. The molecule has 2 aromatic rings. The highest BCUT2D eigenvalue weighted by molar-refractivity contribution is 6.33. The molecule has 0 spiro atoms. The molecule has 0 saturated carbocycles. The second-order valence-electron chi connectivity index (χ2n) is 4.74. The molecule has 0 aliphatic rings. The lowest BCUT2D eigenvalue weighted by Gasteiger charge is -2.07. The van der Waals surface area contributed by atoms with Gasteiger partial charge in [0.2, 0.25) is 5.91 Å². The molecule has 0 aliphatic heterocycles. The highest BCUT2D eigenvalue weighted by Crippen LogP contribution is 2.28. The van der Waals surface area contributed by atoms with E-state index >= 15 is 0 Å². The van der Waals surface area contributed by atoms with Crippen LogP contribution in [0.25, 0.3) is 11.3 Å². The summed E-state index contributed by atoms with van der Waals surface area (Å²) < 4.78 is 5.46. The Hall–Kier alpha value is -2.27. The van der Waals surface area contributed by atoms with Crippen molar-refractivity contribution in [3.63, 3.8) is 0 Å². The maximum Gasteiger partial charge on any atom is 0.305 e. The molecule has 2 N–H and O–H groups in total. The number of carbonyl (C=O) groups excluding carboxylic acids is 2. The molecule has 1 aromatic carbocycles. The highest BCUT2D eigenvalue weighted by Gasteiger charge is 2.15. The fourth-order valence-corrected chi connectivity index (χ4v) is 1.82. The average molecular weight is 307 g/mol. The van der Waals surface area contributed by atoms with E-state index in [9.17, 15) is 9.59 Å². The quantitative estimate of drug-likeness (QED) is 0.856. The molecule has 6 heteroatoms. The van der Waals surface area contributed by atoms with Crippen LogP contribution in [-0.2, 0) is 4.79 Å². The van der Waals surface area contributed by atoms with Gasteiger partial charge >= 0.3 is 5.91 Å². The van der Waals surface area contributed by atoms with Crippen LogP contribution in [0.2, 0.25) is 5.02 Å². The van der Waals surface area contributed by atoms with Crippen LogP contribution in [0.3, 0.4) is 0 Å². The third-order valence-corrected chi connectivity index (χ3v) is 3.12. The van der Waals surface area contributed by atoms with E-state index in [2.05, 4.69) is 10.9 Å². The van der Waals surface area contributed by atoms with E-state index in [1.807, 2.05) is 12.1 Å². The van der Waals surface area contributed by atoms with Gasteiger partial charge in [0, 0.05) is 11.5 Å². The average Bonchev–Trinajstić information content (AvgIpc) is 2.94. The fourth-order valence-electron chi connectivity index (χ4n) is 1.59. The number of hydrogen-bond acceptors (Lipinski definition) is 3. The minimum absolute atomic E-state index is 0.0916. The highest BCUT2D eigenvalue weighted by atomic mass is 35.5. The Labute approximate surface area is 127 Å². The summed E-state index contributed by atoms with van der Waals surface area (Å²) in [6, 6.07) is 10.3. The molecule has 0 unspecified atom stereocenters. The lowest BCUT2D eigenvalue weighted by molar-refractivity contribution is -0.124. The van der Waals surface area contributed by atoms with Crippen molar-refractivity contribution in [2.24, 2.45) is 5.92 Å². The van der Waals surface area contributed by atoms with Crippen LogP contribution in [0, 0.1) is 5.92 Å². The molecule has 2 rings (SSSR count). The van der Waals surface area contributed by atoms with E-state index < -0.39 is 5.91 Å². The third kappa shape index (κ3) is 3.64. The Kier molecular flexibility index (Phi) is 4.65. The molecule has 21 heavy (non-hydrogen) atoms. The molecule has 1 heterocycles. The zero-order valence-electron chi connectivity index (χ0n) is 11.6. The number of hydrazine groups is 1. The summed E-state index contributed by atoms with van der Waals surface area (Å²) in [6.07, 6.45) is 0. The van der Waals surface area contributed by atoms with Gasteiger partial charge in [-0.05, 0) is 24.3 Å². The van der Waals surface area contributed by atoms with Crippen molar-refractivity contribution in [3.05, 3.63) is 47.2 Å². The van der Waals surface area contributed by atoms with E-state index in [1.165, 1.54) is 6.07 Å². The number of furan rings is 1. The number of carbonyl (C=O) groups is 2. The standard InChI is InChI=1S/C15H15ClN2O3/c1-9(2)14(19)17-18-15(20)13-8-7-12(21-13)10-5-3-4-6-11(10)16/h3-9H,1-2H3,(H,17,19)(H,18,20). The molecular formula is C15H15ClN2O3. The molecule has 0 radical (unpaired) electrons. The van der Waals surface area contributed by atoms with E-state index in [1.54, 1.807) is 32.0 Å².